The monoisotopic (exact) mass is 269 g/mol. The maximum Gasteiger partial charge on any atom is 0.124 e. The first kappa shape index (κ1) is 14.2. The fraction of sp³-hybridized carbons (Fsp3) is 0.176. The summed E-state index contributed by atoms with van der Waals surface area (Å²) in [5.41, 5.74) is 7.74. The van der Waals surface area contributed by atoms with Crippen LogP contribution in [0, 0.1) is 0 Å². The predicted octanol–water partition coefficient (Wildman–Crippen LogP) is 3.55. The second kappa shape index (κ2) is 6.78. The molecule has 104 valence electrons. The zero-order valence-corrected chi connectivity index (χ0v) is 11.3. The Bertz CT molecular complexity index is 566. The van der Waals surface area contributed by atoms with Crippen molar-refractivity contribution in [1.82, 2.24) is 0 Å². The zero-order chi connectivity index (χ0) is 14.4. The van der Waals surface area contributed by atoms with Crippen molar-refractivity contribution in [2.45, 2.75) is 19.1 Å². The van der Waals surface area contributed by atoms with Crippen LogP contribution >= 0.6 is 0 Å². The molecule has 20 heavy (non-hydrogen) atoms. The van der Waals surface area contributed by atoms with E-state index < -0.39 is 0 Å². The van der Waals surface area contributed by atoms with E-state index in [1.165, 1.54) is 0 Å². The Morgan fingerprint density at radius 3 is 2.60 bits per heavy atom. The van der Waals surface area contributed by atoms with Crippen molar-refractivity contribution in [3.63, 3.8) is 0 Å². The molecule has 2 aromatic carbocycles. The summed E-state index contributed by atoms with van der Waals surface area (Å²) in [4.78, 5) is 0. The van der Waals surface area contributed by atoms with Crippen LogP contribution in [0.25, 0.3) is 0 Å². The average Bonchev–Trinajstić information content (AvgIpc) is 2.46. The van der Waals surface area contributed by atoms with Crippen molar-refractivity contribution in [2.24, 2.45) is 5.73 Å². The molecule has 0 heterocycles. The first-order valence-corrected chi connectivity index (χ1v) is 6.57. The van der Waals surface area contributed by atoms with Crippen LogP contribution in [0.3, 0.4) is 0 Å². The highest BCUT2D eigenvalue weighted by atomic mass is 16.5. The molecule has 0 aromatic heterocycles. The van der Waals surface area contributed by atoms with Crippen molar-refractivity contribution in [1.29, 1.82) is 0 Å². The third-order valence-corrected chi connectivity index (χ3v) is 3.07. The summed E-state index contributed by atoms with van der Waals surface area (Å²) in [6, 6.07) is 14.9. The van der Waals surface area contributed by atoms with Gasteiger partial charge < -0.3 is 15.6 Å². The SMILES string of the molecule is C=CC[C@H](N)c1ccc(OCc2ccccc2)cc1O. The van der Waals surface area contributed by atoms with Gasteiger partial charge in [-0.3, -0.25) is 0 Å². The van der Waals surface area contributed by atoms with Gasteiger partial charge in [-0.1, -0.05) is 42.5 Å². The van der Waals surface area contributed by atoms with E-state index in [0.717, 1.165) is 5.56 Å². The van der Waals surface area contributed by atoms with Crippen LogP contribution in [0.2, 0.25) is 0 Å². The first-order valence-electron chi connectivity index (χ1n) is 6.57. The van der Waals surface area contributed by atoms with Crippen molar-refractivity contribution < 1.29 is 9.84 Å². The molecule has 0 radical (unpaired) electrons. The standard InChI is InChI=1S/C17H19NO2/c1-2-6-16(18)15-10-9-14(11-17(15)19)20-12-13-7-4-3-5-8-13/h2-5,7-11,16,19H,1,6,12,18H2/t16-/m0/s1. The minimum atomic E-state index is -0.240. The molecule has 0 aliphatic carbocycles. The molecule has 2 rings (SSSR count). The summed E-state index contributed by atoms with van der Waals surface area (Å²) in [6.07, 6.45) is 2.36. The Morgan fingerprint density at radius 1 is 1.20 bits per heavy atom. The molecule has 1 atom stereocenters. The molecular formula is C17H19NO2. The van der Waals surface area contributed by atoms with E-state index >= 15 is 0 Å². The Hall–Kier alpha value is -2.26. The quantitative estimate of drug-likeness (QED) is 0.788. The van der Waals surface area contributed by atoms with Gasteiger partial charge in [-0.2, -0.15) is 0 Å². The highest BCUT2D eigenvalue weighted by Gasteiger charge is 2.10. The molecule has 0 saturated carbocycles. The van der Waals surface area contributed by atoms with E-state index in [4.69, 9.17) is 10.5 Å². The zero-order valence-electron chi connectivity index (χ0n) is 11.3. The van der Waals surface area contributed by atoms with Crippen LogP contribution in [0.4, 0.5) is 0 Å². The van der Waals surface area contributed by atoms with Crippen LogP contribution in [0.15, 0.2) is 61.2 Å². The lowest BCUT2D eigenvalue weighted by atomic mass is 10.0. The highest BCUT2D eigenvalue weighted by Crippen LogP contribution is 2.29. The lowest BCUT2D eigenvalue weighted by Crippen LogP contribution is -2.09. The first-order chi connectivity index (χ1) is 9.70. The van der Waals surface area contributed by atoms with Gasteiger partial charge in [0.05, 0.1) is 0 Å². The second-order valence-corrected chi connectivity index (χ2v) is 4.63. The van der Waals surface area contributed by atoms with Gasteiger partial charge in [0.25, 0.3) is 0 Å². The summed E-state index contributed by atoms with van der Waals surface area (Å²) in [6.45, 7) is 4.12. The Balaban J connectivity index is 2.03. The van der Waals surface area contributed by atoms with E-state index in [1.54, 1.807) is 18.2 Å². The second-order valence-electron chi connectivity index (χ2n) is 4.63. The fourth-order valence-corrected chi connectivity index (χ4v) is 1.97. The van der Waals surface area contributed by atoms with Gasteiger partial charge in [-0.05, 0) is 18.1 Å². The summed E-state index contributed by atoms with van der Waals surface area (Å²) in [5.74, 6) is 0.783. The van der Waals surface area contributed by atoms with E-state index in [0.29, 0.717) is 24.3 Å². The topological polar surface area (TPSA) is 55.5 Å². The molecule has 0 amide bonds. The summed E-state index contributed by atoms with van der Waals surface area (Å²) in [7, 11) is 0. The van der Waals surface area contributed by atoms with Crippen molar-refractivity contribution in [3.05, 3.63) is 72.3 Å². The largest absolute Gasteiger partial charge is 0.507 e. The number of benzene rings is 2. The molecule has 0 saturated heterocycles. The van der Waals surface area contributed by atoms with E-state index in [1.807, 2.05) is 36.4 Å². The van der Waals surface area contributed by atoms with Crippen LogP contribution in [0.1, 0.15) is 23.6 Å². The molecule has 3 heteroatoms. The normalized spacial score (nSPS) is 11.8. The maximum absolute atomic E-state index is 9.99. The molecule has 3 N–H and O–H groups in total. The van der Waals surface area contributed by atoms with Crippen LogP contribution in [-0.4, -0.2) is 5.11 Å². The van der Waals surface area contributed by atoms with Crippen molar-refractivity contribution in [3.8, 4) is 11.5 Å². The highest BCUT2D eigenvalue weighted by molar-refractivity contribution is 5.41. The Labute approximate surface area is 119 Å². The van der Waals surface area contributed by atoms with Gasteiger partial charge in [0.15, 0.2) is 0 Å². The molecule has 0 spiro atoms. The molecule has 2 aromatic rings. The van der Waals surface area contributed by atoms with Crippen molar-refractivity contribution >= 4 is 0 Å². The number of ether oxygens (including phenoxy) is 1. The average molecular weight is 269 g/mol. The summed E-state index contributed by atoms with van der Waals surface area (Å²) in [5, 5.41) is 9.99. The number of rotatable bonds is 6. The van der Waals surface area contributed by atoms with Gasteiger partial charge in [0, 0.05) is 17.7 Å². The van der Waals surface area contributed by atoms with E-state index in [-0.39, 0.29) is 11.8 Å². The van der Waals surface area contributed by atoms with Crippen LogP contribution in [0.5, 0.6) is 11.5 Å². The van der Waals surface area contributed by atoms with Gasteiger partial charge in [-0.15, -0.1) is 6.58 Å². The summed E-state index contributed by atoms with van der Waals surface area (Å²) >= 11 is 0. The fourth-order valence-electron chi connectivity index (χ4n) is 1.97. The maximum atomic E-state index is 9.99. The number of nitrogens with two attached hydrogens (primary N) is 1. The van der Waals surface area contributed by atoms with Gasteiger partial charge in [0.1, 0.15) is 18.1 Å². The van der Waals surface area contributed by atoms with E-state index in [9.17, 15) is 5.11 Å². The van der Waals surface area contributed by atoms with Crippen LogP contribution < -0.4 is 10.5 Å². The Kier molecular flexibility index (Phi) is 4.80. The summed E-state index contributed by atoms with van der Waals surface area (Å²) < 4.78 is 5.65. The van der Waals surface area contributed by atoms with E-state index in [2.05, 4.69) is 6.58 Å². The molecule has 0 fully saturated rings. The third kappa shape index (κ3) is 3.62. The molecule has 0 aliphatic rings. The predicted molar refractivity (Wildman–Crippen MR) is 80.6 cm³/mol. The van der Waals surface area contributed by atoms with Gasteiger partial charge >= 0.3 is 0 Å². The smallest absolute Gasteiger partial charge is 0.124 e. The van der Waals surface area contributed by atoms with Gasteiger partial charge in [0.2, 0.25) is 0 Å². The molecular weight excluding hydrogens is 250 g/mol. The van der Waals surface area contributed by atoms with Crippen LogP contribution in [-0.2, 0) is 6.61 Å². The number of phenols is 1. The number of aromatic hydroxyl groups is 1. The number of hydrogen-bond acceptors (Lipinski definition) is 3. The molecule has 0 aliphatic heterocycles. The number of phenolic OH excluding ortho intramolecular Hbond substituents is 1. The molecule has 0 unspecified atom stereocenters. The molecule has 3 nitrogen and oxygen atoms in total. The van der Waals surface area contributed by atoms with Gasteiger partial charge in [-0.25, -0.2) is 0 Å². The molecule has 0 bridgehead atoms. The minimum Gasteiger partial charge on any atom is -0.507 e. The Morgan fingerprint density at radius 2 is 1.95 bits per heavy atom. The lowest BCUT2D eigenvalue weighted by Gasteiger charge is -2.13. The van der Waals surface area contributed by atoms with Crippen molar-refractivity contribution in [2.75, 3.05) is 0 Å². The number of hydrogen-bond donors (Lipinski definition) is 2. The lowest BCUT2D eigenvalue weighted by molar-refractivity contribution is 0.304. The minimum absolute atomic E-state index is 0.157. The third-order valence-electron chi connectivity index (χ3n) is 3.07.